The van der Waals surface area contributed by atoms with Crippen LogP contribution in [-0.4, -0.2) is 9.55 Å². The summed E-state index contributed by atoms with van der Waals surface area (Å²) in [4.78, 5) is 13.2. The largest absolute Gasteiger partial charge is 0.324 e. The molecule has 0 aliphatic heterocycles. The summed E-state index contributed by atoms with van der Waals surface area (Å²) in [5.74, 6) is 0. The van der Waals surface area contributed by atoms with Gasteiger partial charge in [0.1, 0.15) is 0 Å². The van der Waals surface area contributed by atoms with Crippen LogP contribution in [-0.2, 0) is 6.54 Å². The summed E-state index contributed by atoms with van der Waals surface area (Å²) < 4.78 is 2.01. The lowest BCUT2D eigenvalue weighted by Gasteiger charge is -2.00. The van der Waals surface area contributed by atoms with E-state index in [-0.39, 0.29) is 5.56 Å². The Hall–Kier alpha value is -1.41. The highest BCUT2D eigenvalue weighted by molar-refractivity contribution is 7.71. The Morgan fingerprint density at radius 2 is 2.50 bits per heavy atom. The van der Waals surface area contributed by atoms with Crippen LogP contribution >= 0.6 is 12.2 Å². The molecule has 0 unspecified atom stereocenters. The molecule has 0 amide bonds. The minimum absolute atomic E-state index is 0.215. The van der Waals surface area contributed by atoms with E-state index in [9.17, 15) is 4.79 Å². The molecule has 0 atom stereocenters. The van der Waals surface area contributed by atoms with Crippen molar-refractivity contribution >= 4 is 12.2 Å². The van der Waals surface area contributed by atoms with Crippen LogP contribution in [0.25, 0.3) is 0 Å². The van der Waals surface area contributed by atoms with E-state index in [2.05, 4.69) is 4.98 Å². The van der Waals surface area contributed by atoms with Gasteiger partial charge in [-0.3, -0.25) is 9.78 Å². The molecule has 0 bridgehead atoms. The Bertz CT molecular complexity index is 412. The van der Waals surface area contributed by atoms with Gasteiger partial charge in [-0.15, -0.1) is 0 Å². The van der Waals surface area contributed by atoms with Crippen LogP contribution in [0.3, 0.4) is 0 Å². The third-order valence-corrected chi connectivity index (χ3v) is 1.70. The van der Waals surface area contributed by atoms with Crippen LogP contribution in [0, 0.1) is 16.1 Å². The molecular formula is C7H7N3OS. The second-order valence-corrected chi connectivity index (χ2v) is 2.60. The minimum atomic E-state index is -0.215. The van der Waals surface area contributed by atoms with Crippen LogP contribution in [0.1, 0.15) is 6.42 Å². The molecule has 0 saturated carbocycles. The fourth-order valence-corrected chi connectivity index (χ4v) is 1.04. The van der Waals surface area contributed by atoms with Gasteiger partial charge in [-0.1, -0.05) is 0 Å². The second-order valence-electron chi connectivity index (χ2n) is 2.21. The molecule has 5 heteroatoms. The number of nitriles is 1. The van der Waals surface area contributed by atoms with E-state index in [0.717, 1.165) is 0 Å². The van der Waals surface area contributed by atoms with Gasteiger partial charge in [0.15, 0.2) is 4.77 Å². The van der Waals surface area contributed by atoms with Gasteiger partial charge in [-0.05, 0) is 12.2 Å². The first-order chi connectivity index (χ1) is 5.74. The molecular weight excluding hydrogens is 174 g/mol. The molecule has 12 heavy (non-hydrogen) atoms. The number of aromatic nitrogens is 2. The van der Waals surface area contributed by atoms with Crippen molar-refractivity contribution in [1.82, 2.24) is 9.55 Å². The summed E-state index contributed by atoms with van der Waals surface area (Å²) in [6.07, 6.45) is 1.97. The first-order valence-electron chi connectivity index (χ1n) is 3.41. The van der Waals surface area contributed by atoms with E-state index in [1.54, 1.807) is 10.8 Å². The Balaban J connectivity index is 2.96. The van der Waals surface area contributed by atoms with Crippen LogP contribution in [0.4, 0.5) is 0 Å². The van der Waals surface area contributed by atoms with Crippen molar-refractivity contribution in [2.75, 3.05) is 0 Å². The van der Waals surface area contributed by atoms with Gasteiger partial charge in [-0.25, -0.2) is 0 Å². The molecule has 0 aromatic carbocycles. The topological polar surface area (TPSA) is 61.6 Å². The number of nitrogens with one attached hydrogen (secondary N) is 1. The van der Waals surface area contributed by atoms with Crippen LogP contribution in [0.2, 0.25) is 0 Å². The molecule has 4 nitrogen and oxygen atoms in total. The van der Waals surface area contributed by atoms with Gasteiger partial charge in [0.2, 0.25) is 0 Å². The zero-order valence-electron chi connectivity index (χ0n) is 6.28. The van der Waals surface area contributed by atoms with Gasteiger partial charge < -0.3 is 4.57 Å². The maximum absolute atomic E-state index is 10.7. The minimum Gasteiger partial charge on any atom is -0.324 e. The molecule has 1 rings (SSSR count). The molecule has 0 aliphatic rings. The Labute approximate surface area is 74.1 Å². The number of hydrogen-bond acceptors (Lipinski definition) is 3. The summed E-state index contributed by atoms with van der Waals surface area (Å²) in [6.45, 7) is 0.520. The van der Waals surface area contributed by atoms with E-state index < -0.39 is 0 Å². The fraction of sp³-hybridized carbons (Fsp3) is 0.286. The third-order valence-electron chi connectivity index (χ3n) is 1.36. The van der Waals surface area contributed by atoms with Crippen LogP contribution < -0.4 is 5.56 Å². The summed E-state index contributed by atoms with van der Waals surface area (Å²) in [6, 6.07) is 3.38. The smallest absolute Gasteiger partial charge is 0.251 e. The van der Waals surface area contributed by atoms with Crippen molar-refractivity contribution in [3.8, 4) is 6.07 Å². The highest BCUT2D eigenvalue weighted by Gasteiger charge is 1.91. The lowest BCUT2D eigenvalue weighted by atomic mass is 10.4. The third kappa shape index (κ3) is 2.04. The van der Waals surface area contributed by atoms with Gasteiger partial charge in [0.05, 0.1) is 12.5 Å². The zero-order valence-corrected chi connectivity index (χ0v) is 7.10. The van der Waals surface area contributed by atoms with Gasteiger partial charge in [0, 0.05) is 18.8 Å². The molecule has 0 saturated heterocycles. The number of aryl methyl sites for hydroxylation is 1. The summed E-state index contributed by atoms with van der Waals surface area (Å²) in [7, 11) is 0. The Morgan fingerprint density at radius 3 is 3.08 bits per heavy atom. The predicted molar refractivity (Wildman–Crippen MR) is 46.1 cm³/mol. The van der Waals surface area contributed by atoms with Gasteiger partial charge in [0.25, 0.3) is 5.56 Å². The number of rotatable bonds is 2. The van der Waals surface area contributed by atoms with Crippen molar-refractivity contribution in [3.05, 3.63) is 27.4 Å². The van der Waals surface area contributed by atoms with E-state index in [1.807, 2.05) is 6.07 Å². The molecule has 1 aromatic heterocycles. The molecule has 0 aliphatic carbocycles. The first kappa shape index (κ1) is 8.68. The number of nitrogens with zero attached hydrogens (tertiary/aromatic N) is 2. The van der Waals surface area contributed by atoms with E-state index in [1.165, 1.54) is 6.07 Å². The molecule has 1 aromatic rings. The summed E-state index contributed by atoms with van der Waals surface area (Å²) in [5, 5.41) is 8.30. The zero-order chi connectivity index (χ0) is 8.97. The van der Waals surface area contributed by atoms with Crippen molar-refractivity contribution < 1.29 is 0 Å². The van der Waals surface area contributed by atoms with Crippen molar-refractivity contribution in [2.24, 2.45) is 0 Å². The average molecular weight is 181 g/mol. The Kier molecular flexibility index (Phi) is 2.77. The highest BCUT2D eigenvalue weighted by Crippen LogP contribution is 1.88. The standard InChI is InChI=1S/C7H7N3OS/c8-3-1-4-10-5-2-6(11)9-7(10)12/h2,5H,1,4H2,(H,9,11,12). The lowest BCUT2D eigenvalue weighted by molar-refractivity contribution is 0.678. The maximum Gasteiger partial charge on any atom is 0.251 e. The van der Waals surface area contributed by atoms with Crippen molar-refractivity contribution in [2.45, 2.75) is 13.0 Å². The normalized spacial score (nSPS) is 9.25. The van der Waals surface area contributed by atoms with Gasteiger partial charge >= 0.3 is 0 Å². The van der Waals surface area contributed by atoms with Gasteiger partial charge in [-0.2, -0.15) is 5.26 Å². The van der Waals surface area contributed by atoms with Crippen molar-refractivity contribution in [1.29, 1.82) is 5.26 Å². The molecule has 1 heterocycles. The second kappa shape index (κ2) is 3.83. The quantitative estimate of drug-likeness (QED) is 0.687. The monoisotopic (exact) mass is 181 g/mol. The number of aromatic amines is 1. The summed E-state index contributed by atoms with van der Waals surface area (Å²) >= 11 is 4.85. The van der Waals surface area contributed by atoms with E-state index in [0.29, 0.717) is 17.7 Å². The van der Waals surface area contributed by atoms with Crippen molar-refractivity contribution in [3.63, 3.8) is 0 Å². The highest BCUT2D eigenvalue weighted by atomic mass is 32.1. The van der Waals surface area contributed by atoms with Crippen LogP contribution in [0.5, 0.6) is 0 Å². The average Bonchev–Trinajstić information content (AvgIpc) is 2.03. The SMILES string of the molecule is N#CCCn1ccc(=O)[nH]c1=S. The molecule has 62 valence electrons. The fourth-order valence-electron chi connectivity index (χ4n) is 0.791. The Morgan fingerprint density at radius 1 is 1.75 bits per heavy atom. The number of hydrogen-bond donors (Lipinski definition) is 1. The lowest BCUT2D eigenvalue weighted by Crippen LogP contribution is -2.10. The van der Waals surface area contributed by atoms with E-state index >= 15 is 0 Å². The van der Waals surface area contributed by atoms with Crippen LogP contribution in [0.15, 0.2) is 17.1 Å². The molecule has 1 N–H and O–H groups in total. The molecule has 0 fully saturated rings. The van der Waals surface area contributed by atoms with E-state index in [4.69, 9.17) is 17.5 Å². The molecule has 0 radical (unpaired) electrons. The summed E-state index contributed by atoms with van der Waals surface area (Å²) in [5.41, 5.74) is -0.215. The number of H-pyrrole nitrogens is 1. The maximum atomic E-state index is 10.7. The first-order valence-corrected chi connectivity index (χ1v) is 3.81. The molecule has 0 spiro atoms. The predicted octanol–water partition coefficient (Wildman–Crippen LogP) is 0.820.